The highest BCUT2D eigenvalue weighted by molar-refractivity contribution is 6.12. The van der Waals surface area contributed by atoms with Crippen LogP contribution in [0, 0.1) is 0 Å². The van der Waals surface area contributed by atoms with E-state index < -0.39 is 18.1 Å². The lowest BCUT2D eigenvalue weighted by Gasteiger charge is -2.44. The van der Waals surface area contributed by atoms with Crippen LogP contribution in [0.3, 0.4) is 0 Å². The lowest BCUT2D eigenvalue weighted by atomic mass is 9.96. The van der Waals surface area contributed by atoms with Crippen LogP contribution in [-0.4, -0.2) is 37.2 Å². The van der Waals surface area contributed by atoms with Crippen LogP contribution in [-0.2, 0) is 19.1 Å². The molecular formula is C14H17NO4. The Bertz CT molecular complexity index is 460. The number of rotatable bonds is 5. The van der Waals surface area contributed by atoms with Gasteiger partial charge in [-0.05, 0) is 26.0 Å². The molecule has 1 fully saturated rings. The highest BCUT2D eigenvalue weighted by Crippen LogP contribution is 2.30. The van der Waals surface area contributed by atoms with Gasteiger partial charge in [0.1, 0.15) is 0 Å². The van der Waals surface area contributed by atoms with E-state index in [9.17, 15) is 9.59 Å². The molecule has 0 N–H and O–H groups in total. The van der Waals surface area contributed by atoms with E-state index in [1.54, 1.807) is 26.0 Å². The van der Waals surface area contributed by atoms with E-state index in [1.807, 2.05) is 18.2 Å². The van der Waals surface area contributed by atoms with Crippen LogP contribution in [0.4, 0.5) is 5.69 Å². The molecule has 0 aromatic heterocycles. The number of nitrogens with zero attached hydrogens (tertiary/aromatic N) is 1. The van der Waals surface area contributed by atoms with Crippen LogP contribution in [0.1, 0.15) is 13.8 Å². The van der Waals surface area contributed by atoms with Crippen LogP contribution in [0.25, 0.3) is 0 Å². The molecule has 2 rings (SSSR count). The fraction of sp³-hybridized carbons (Fsp3) is 0.429. The monoisotopic (exact) mass is 263 g/mol. The fourth-order valence-corrected chi connectivity index (χ4v) is 2.14. The second-order valence-electron chi connectivity index (χ2n) is 4.12. The number of benzene rings is 1. The number of ether oxygens (including phenoxy) is 2. The maximum atomic E-state index is 12.1. The number of amides is 1. The van der Waals surface area contributed by atoms with Gasteiger partial charge in [0.25, 0.3) is 5.91 Å². The molecule has 1 heterocycles. The standard InChI is InChI=1S/C14H17NO4/c1-3-18-12-11(14(17)19-4-2)15(13(12)16)10-8-6-5-7-9-10/h5-9,11-12H,3-4H2,1-2H3/t11-,12+/m1/s1. The number of anilines is 1. The predicted molar refractivity (Wildman–Crippen MR) is 69.8 cm³/mol. The summed E-state index contributed by atoms with van der Waals surface area (Å²) in [5.74, 6) is -0.629. The molecule has 1 aliphatic heterocycles. The summed E-state index contributed by atoms with van der Waals surface area (Å²) in [6, 6.07) is 8.37. The summed E-state index contributed by atoms with van der Waals surface area (Å²) >= 11 is 0. The number of β-lactam (4-membered cyclic amide) rings is 1. The van der Waals surface area contributed by atoms with Gasteiger partial charge in [-0.3, -0.25) is 9.69 Å². The first kappa shape index (κ1) is 13.5. The van der Waals surface area contributed by atoms with Crippen molar-refractivity contribution in [2.45, 2.75) is 26.0 Å². The summed E-state index contributed by atoms with van der Waals surface area (Å²) in [4.78, 5) is 25.4. The van der Waals surface area contributed by atoms with Crippen LogP contribution in [0.15, 0.2) is 30.3 Å². The third kappa shape index (κ3) is 2.46. The maximum absolute atomic E-state index is 12.1. The van der Waals surface area contributed by atoms with Crippen molar-refractivity contribution in [1.82, 2.24) is 0 Å². The van der Waals surface area contributed by atoms with Gasteiger partial charge in [0.05, 0.1) is 6.61 Å². The minimum atomic E-state index is -0.732. The molecule has 1 aliphatic rings. The van der Waals surface area contributed by atoms with Gasteiger partial charge in [0.2, 0.25) is 0 Å². The van der Waals surface area contributed by atoms with E-state index in [4.69, 9.17) is 9.47 Å². The molecule has 102 valence electrons. The topological polar surface area (TPSA) is 55.8 Å². The van der Waals surface area contributed by atoms with Gasteiger partial charge in [-0.2, -0.15) is 0 Å². The molecule has 1 aromatic rings. The third-order valence-electron chi connectivity index (χ3n) is 2.95. The second-order valence-corrected chi connectivity index (χ2v) is 4.12. The number of hydrogen-bond donors (Lipinski definition) is 0. The van der Waals surface area contributed by atoms with E-state index in [2.05, 4.69) is 0 Å². The van der Waals surface area contributed by atoms with Crippen LogP contribution >= 0.6 is 0 Å². The second kappa shape index (κ2) is 5.84. The number of carbonyl (C=O) groups excluding carboxylic acids is 2. The summed E-state index contributed by atoms with van der Waals surface area (Å²) in [5, 5.41) is 0. The molecular weight excluding hydrogens is 246 g/mol. The van der Waals surface area contributed by atoms with Crippen molar-refractivity contribution in [2.24, 2.45) is 0 Å². The van der Waals surface area contributed by atoms with Crippen molar-refractivity contribution in [1.29, 1.82) is 0 Å². The number of carbonyl (C=O) groups is 2. The Hall–Kier alpha value is -1.88. The Morgan fingerprint density at radius 2 is 1.89 bits per heavy atom. The molecule has 19 heavy (non-hydrogen) atoms. The molecule has 0 spiro atoms. The molecule has 1 aromatic carbocycles. The average molecular weight is 263 g/mol. The Morgan fingerprint density at radius 1 is 1.21 bits per heavy atom. The van der Waals surface area contributed by atoms with Gasteiger partial charge in [0, 0.05) is 12.3 Å². The first-order valence-electron chi connectivity index (χ1n) is 6.37. The zero-order chi connectivity index (χ0) is 13.8. The summed E-state index contributed by atoms with van der Waals surface area (Å²) in [7, 11) is 0. The predicted octanol–water partition coefficient (Wildman–Crippen LogP) is 1.37. The highest BCUT2D eigenvalue weighted by atomic mass is 16.5. The molecule has 0 saturated carbocycles. The number of esters is 1. The van der Waals surface area contributed by atoms with Gasteiger partial charge in [-0.15, -0.1) is 0 Å². The normalized spacial score (nSPS) is 22.0. The summed E-state index contributed by atoms with van der Waals surface area (Å²) in [6.45, 7) is 4.20. The van der Waals surface area contributed by atoms with Crippen molar-refractivity contribution in [3.63, 3.8) is 0 Å². The SMILES string of the molecule is CCOC(=O)[C@H]1[C@H](OCC)C(=O)N1c1ccccc1. The van der Waals surface area contributed by atoms with Crippen LogP contribution < -0.4 is 4.90 Å². The van der Waals surface area contributed by atoms with E-state index >= 15 is 0 Å². The summed E-state index contributed by atoms with van der Waals surface area (Å²) < 4.78 is 10.3. The van der Waals surface area contributed by atoms with Gasteiger partial charge in [-0.1, -0.05) is 18.2 Å². The molecule has 5 heteroatoms. The smallest absolute Gasteiger partial charge is 0.332 e. The quantitative estimate of drug-likeness (QED) is 0.594. The summed E-state index contributed by atoms with van der Waals surface area (Å²) in [5.41, 5.74) is 0.682. The van der Waals surface area contributed by atoms with Crippen molar-refractivity contribution in [2.75, 3.05) is 18.1 Å². The van der Waals surface area contributed by atoms with Crippen molar-refractivity contribution >= 4 is 17.6 Å². The fourth-order valence-electron chi connectivity index (χ4n) is 2.14. The van der Waals surface area contributed by atoms with Gasteiger partial charge in [0.15, 0.2) is 12.1 Å². The molecule has 1 amide bonds. The Morgan fingerprint density at radius 3 is 2.47 bits per heavy atom. The third-order valence-corrected chi connectivity index (χ3v) is 2.95. The Labute approximate surface area is 112 Å². The maximum Gasteiger partial charge on any atom is 0.332 e. The van der Waals surface area contributed by atoms with Crippen LogP contribution in [0.5, 0.6) is 0 Å². The molecule has 0 bridgehead atoms. The Kier molecular flexibility index (Phi) is 4.16. The highest BCUT2D eigenvalue weighted by Gasteiger charge is 2.54. The largest absolute Gasteiger partial charge is 0.464 e. The molecule has 0 radical (unpaired) electrons. The molecule has 0 aliphatic carbocycles. The van der Waals surface area contributed by atoms with Crippen molar-refractivity contribution in [3.8, 4) is 0 Å². The summed E-state index contributed by atoms with van der Waals surface area (Å²) in [6.07, 6.45) is -0.732. The molecule has 5 nitrogen and oxygen atoms in total. The minimum absolute atomic E-state index is 0.203. The molecule has 0 unspecified atom stereocenters. The van der Waals surface area contributed by atoms with E-state index in [-0.39, 0.29) is 12.5 Å². The molecule has 1 saturated heterocycles. The van der Waals surface area contributed by atoms with Crippen LogP contribution in [0.2, 0.25) is 0 Å². The lowest BCUT2D eigenvalue weighted by Crippen LogP contribution is -2.69. The molecule has 2 atom stereocenters. The van der Waals surface area contributed by atoms with E-state index in [0.717, 1.165) is 0 Å². The Balaban J connectivity index is 2.22. The van der Waals surface area contributed by atoms with Gasteiger partial charge in [-0.25, -0.2) is 4.79 Å². The van der Waals surface area contributed by atoms with Gasteiger partial charge < -0.3 is 9.47 Å². The van der Waals surface area contributed by atoms with Crippen molar-refractivity contribution in [3.05, 3.63) is 30.3 Å². The van der Waals surface area contributed by atoms with E-state index in [0.29, 0.717) is 12.3 Å². The first-order chi connectivity index (χ1) is 9.20. The number of hydrogen-bond acceptors (Lipinski definition) is 4. The minimum Gasteiger partial charge on any atom is -0.464 e. The first-order valence-corrected chi connectivity index (χ1v) is 6.37. The average Bonchev–Trinajstić information content (AvgIpc) is 2.42. The number of para-hydroxylation sites is 1. The lowest BCUT2D eigenvalue weighted by molar-refractivity contribution is -0.161. The zero-order valence-electron chi connectivity index (χ0n) is 11.0. The zero-order valence-corrected chi connectivity index (χ0v) is 11.0. The van der Waals surface area contributed by atoms with Crippen molar-refractivity contribution < 1.29 is 19.1 Å². The van der Waals surface area contributed by atoms with E-state index in [1.165, 1.54) is 4.90 Å². The van der Waals surface area contributed by atoms with Gasteiger partial charge >= 0.3 is 5.97 Å².